The lowest BCUT2D eigenvalue weighted by Crippen LogP contribution is -2.30. The average Bonchev–Trinajstić information content (AvgIpc) is 2.90. The summed E-state index contributed by atoms with van der Waals surface area (Å²) in [5.74, 6) is 0.224. The summed E-state index contributed by atoms with van der Waals surface area (Å²) < 4.78 is 33.9. The number of hydrogen-bond acceptors (Lipinski definition) is 8. The zero-order valence-corrected chi connectivity index (χ0v) is 23.0. The van der Waals surface area contributed by atoms with Gasteiger partial charge >= 0.3 is 11.9 Å². The SMILES string of the molecule is C=CCOCC(COc1ccc2c(OCC(COCC=C)OC(=O)C(=C)C)c(C)ccc2c1)OC(=O)C(=C)C. The predicted molar refractivity (Wildman–Crippen MR) is 151 cm³/mol. The molecule has 0 spiro atoms. The maximum Gasteiger partial charge on any atom is 0.333 e. The fraction of sp³-hybridized carbons (Fsp3) is 0.355. The van der Waals surface area contributed by atoms with E-state index in [1.165, 1.54) is 0 Å². The fourth-order valence-corrected chi connectivity index (χ4v) is 3.34. The van der Waals surface area contributed by atoms with E-state index in [1.807, 2.05) is 37.3 Å². The fourth-order valence-electron chi connectivity index (χ4n) is 3.34. The maximum atomic E-state index is 12.1. The van der Waals surface area contributed by atoms with Crippen molar-refractivity contribution in [2.75, 3.05) is 39.6 Å². The van der Waals surface area contributed by atoms with Crippen LogP contribution in [0.15, 0.2) is 79.9 Å². The molecule has 8 nitrogen and oxygen atoms in total. The molecule has 210 valence electrons. The van der Waals surface area contributed by atoms with E-state index >= 15 is 0 Å². The Hall–Kier alpha value is -3.88. The van der Waals surface area contributed by atoms with Crippen molar-refractivity contribution in [3.05, 3.63) is 85.5 Å². The maximum absolute atomic E-state index is 12.1. The Kier molecular flexibility index (Phi) is 13.0. The van der Waals surface area contributed by atoms with Gasteiger partial charge in [0.25, 0.3) is 0 Å². The van der Waals surface area contributed by atoms with Crippen LogP contribution in [0.1, 0.15) is 19.4 Å². The molecular weight excluding hydrogens is 500 g/mol. The highest BCUT2D eigenvalue weighted by molar-refractivity contribution is 5.91. The average molecular weight is 539 g/mol. The minimum Gasteiger partial charge on any atom is -0.490 e. The number of hydrogen-bond donors (Lipinski definition) is 0. The monoisotopic (exact) mass is 538 g/mol. The van der Waals surface area contributed by atoms with E-state index in [0.29, 0.717) is 35.9 Å². The molecular formula is C31H38O8. The molecule has 0 heterocycles. The number of fused-ring (bicyclic) bond motifs is 1. The second-order valence-corrected chi connectivity index (χ2v) is 8.98. The van der Waals surface area contributed by atoms with Crippen LogP contribution < -0.4 is 9.47 Å². The summed E-state index contributed by atoms with van der Waals surface area (Å²) in [5, 5.41) is 1.74. The second kappa shape index (κ2) is 16.2. The van der Waals surface area contributed by atoms with E-state index in [-0.39, 0.29) is 26.4 Å². The Balaban J connectivity index is 2.16. The molecule has 0 aliphatic heterocycles. The first-order valence-corrected chi connectivity index (χ1v) is 12.6. The van der Waals surface area contributed by atoms with Gasteiger partial charge < -0.3 is 28.4 Å². The van der Waals surface area contributed by atoms with Gasteiger partial charge in [-0.1, -0.05) is 37.4 Å². The van der Waals surface area contributed by atoms with Crippen molar-refractivity contribution >= 4 is 22.7 Å². The third-order valence-corrected chi connectivity index (χ3v) is 5.31. The second-order valence-electron chi connectivity index (χ2n) is 8.98. The van der Waals surface area contributed by atoms with Crippen LogP contribution in [0, 0.1) is 6.92 Å². The molecule has 0 amide bonds. The summed E-state index contributed by atoms with van der Waals surface area (Å²) in [5.41, 5.74) is 1.50. The smallest absolute Gasteiger partial charge is 0.333 e. The Morgan fingerprint density at radius 1 is 0.795 bits per heavy atom. The lowest BCUT2D eigenvalue weighted by molar-refractivity contribution is -0.149. The molecule has 2 unspecified atom stereocenters. The standard InChI is InChI=1S/C31H38O8/c1-8-14-34-17-26(38-30(32)21(3)4)19-36-25-12-13-28-24(16-25)11-10-23(7)29(28)37-20-27(18-35-15-9-2)39-31(33)22(5)6/h8-13,16,26-27H,1-3,5,14-15,17-20H2,4,6-7H3. The molecule has 0 bridgehead atoms. The summed E-state index contributed by atoms with van der Waals surface area (Å²) in [7, 11) is 0. The van der Waals surface area contributed by atoms with E-state index in [0.717, 1.165) is 16.3 Å². The van der Waals surface area contributed by atoms with Crippen molar-refractivity contribution < 1.29 is 38.0 Å². The normalized spacial score (nSPS) is 12.2. The van der Waals surface area contributed by atoms with Gasteiger partial charge in [-0.2, -0.15) is 0 Å². The third kappa shape index (κ3) is 10.4. The van der Waals surface area contributed by atoms with Crippen LogP contribution in [0.5, 0.6) is 11.5 Å². The number of carbonyl (C=O) groups excluding carboxylic acids is 2. The number of rotatable bonds is 18. The van der Waals surface area contributed by atoms with Crippen LogP contribution in [-0.4, -0.2) is 63.8 Å². The minimum atomic E-state index is -0.631. The number of carbonyl (C=O) groups is 2. The van der Waals surface area contributed by atoms with Gasteiger partial charge in [-0.25, -0.2) is 9.59 Å². The Bertz CT molecular complexity index is 1180. The molecule has 0 aliphatic carbocycles. The van der Waals surface area contributed by atoms with E-state index < -0.39 is 24.1 Å². The first kappa shape index (κ1) is 31.3. The minimum absolute atomic E-state index is 0.0921. The highest BCUT2D eigenvalue weighted by Gasteiger charge is 2.19. The largest absolute Gasteiger partial charge is 0.490 e. The van der Waals surface area contributed by atoms with Gasteiger partial charge in [-0.3, -0.25) is 0 Å². The van der Waals surface area contributed by atoms with Crippen molar-refractivity contribution in [1.29, 1.82) is 0 Å². The molecule has 0 fully saturated rings. The zero-order valence-electron chi connectivity index (χ0n) is 23.0. The summed E-state index contributed by atoms with van der Waals surface area (Å²) >= 11 is 0. The zero-order chi connectivity index (χ0) is 28.8. The highest BCUT2D eigenvalue weighted by atomic mass is 16.6. The highest BCUT2D eigenvalue weighted by Crippen LogP contribution is 2.32. The molecule has 2 rings (SSSR count). The molecule has 0 radical (unpaired) electrons. The van der Waals surface area contributed by atoms with E-state index in [4.69, 9.17) is 28.4 Å². The van der Waals surface area contributed by atoms with E-state index in [2.05, 4.69) is 26.3 Å². The van der Waals surface area contributed by atoms with Crippen molar-refractivity contribution in [1.82, 2.24) is 0 Å². The lowest BCUT2D eigenvalue weighted by Gasteiger charge is -2.21. The van der Waals surface area contributed by atoms with Crippen LogP contribution in [-0.2, 0) is 28.5 Å². The van der Waals surface area contributed by atoms with Gasteiger partial charge in [0, 0.05) is 16.5 Å². The Morgan fingerprint density at radius 3 is 1.85 bits per heavy atom. The van der Waals surface area contributed by atoms with Crippen LogP contribution in [0.3, 0.4) is 0 Å². The predicted octanol–water partition coefficient (Wildman–Crippen LogP) is 5.29. The molecule has 8 heteroatoms. The summed E-state index contributed by atoms with van der Waals surface area (Å²) in [6.45, 7) is 20.7. The third-order valence-electron chi connectivity index (χ3n) is 5.31. The molecule has 0 saturated carbocycles. The molecule has 2 atom stereocenters. The Morgan fingerprint density at radius 2 is 1.33 bits per heavy atom. The van der Waals surface area contributed by atoms with Gasteiger partial charge in [0.05, 0.1) is 26.4 Å². The van der Waals surface area contributed by atoms with Crippen molar-refractivity contribution in [3.63, 3.8) is 0 Å². The summed E-state index contributed by atoms with van der Waals surface area (Å²) in [6.07, 6.45) is 1.98. The number of ether oxygens (including phenoxy) is 6. The van der Waals surface area contributed by atoms with Crippen molar-refractivity contribution in [3.8, 4) is 11.5 Å². The van der Waals surface area contributed by atoms with Crippen LogP contribution in [0.25, 0.3) is 10.8 Å². The number of benzene rings is 2. The van der Waals surface area contributed by atoms with Gasteiger partial charge in [-0.05, 0) is 49.9 Å². The lowest BCUT2D eigenvalue weighted by atomic mass is 10.1. The van der Waals surface area contributed by atoms with Gasteiger partial charge in [-0.15, -0.1) is 13.2 Å². The molecule has 2 aromatic rings. The molecule has 39 heavy (non-hydrogen) atoms. The van der Waals surface area contributed by atoms with Crippen LogP contribution >= 0.6 is 0 Å². The quantitative estimate of drug-likeness (QED) is 0.110. The van der Waals surface area contributed by atoms with Gasteiger partial charge in [0.1, 0.15) is 24.7 Å². The number of aryl methyl sites for hydroxylation is 1. The molecule has 0 aliphatic rings. The van der Waals surface area contributed by atoms with Crippen molar-refractivity contribution in [2.45, 2.75) is 33.0 Å². The molecule has 0 saturated heterocycles. The van der Waals surface area contributed by atoms with Gasteiger partial charge in [0.15, 0.2) is 12.2 Å². The molecule has 0 aromatic heterocycles. The first-order chi connectivity index (χ1) is 18.7. The van der Waals surface area contributed by atoms with E-state index in [1.54, 1.807) is 26.0 Å². The molecule has 2 aromatic carbocycles. The summed E-state index contributed by atoms with van der Waals surface area (Å²) in [6, 6.07) is 9.46. The molecule has 0 N–H and O–H groups in total. The van der Waals surface area contributed by atoms with Crippen molar-refractivity contribution in [2.24, 2.45) is 0 Å². The van der Waals surface area contributed by atoms with Crippen LogP contribution in [0.2, 0.25) is 0 Å². The first-order valence-electron chi connectivity index (χ1n) is 12.6. The summed E-state index contributed by atoms with van der Waals surface area (Å²) in [4.78, 5) is 24.1. The van der Waals surface area contributed by atoms with E-state index in [9.17, 15) is 9.59 Å². The van der Waals surface area contributed by atoms with Gasteiger partial charge in [0.2, 0.25) is 0 Å². The number of esters is 2. The van der Waals surface area contributed by atoms with Crippen LogP contribution in [0.4, 0.5) is 0 Å². The topological polar surface area (TPSA) is 89.5 Å². The Labute approximate surface area is 230 Å².